The van der Waals surface area contributed by atoms with Crippen molar-refractivity contribution in [2.75, 3.05) is 20.3 Å². The molecule has 1 aliphatic rings. The SMILES string of the molecule is CNC1COCC1c1nc(-c2ccc(F)cc2)no1. The Labute approximate surface area is 109 Å². The van der Waals surface area contributed by atoms with Gasteiger partial charge in [0.1, 0.15) is 5.82 Å². The molecule has 1 saturated heterocycles. The van der Waals surface area contributed by atoms with E-state index in [1.54, 1.807) is 12.1 Å². The summed E-state index contributed by atoms with van der Waals surface area (Å²) in [4.78, 5) is 4.37. The van der Waals surface area contributed by atoms with Crippen molar-refractivity contribution in [3.63, 3.8) is 0 Å². The van der Waals surface area contributed by atoms with E-state index in [9.17, 15) is 4.39 Å². The zero-order valence-electron chi connectivity index (χ0n) is 10.5. The molecule has 1 aliphatic heterocycles. The van der Waals surface area contributed by atoms with Gasteiger partial charge in [-0.3, -0.25) is 0 Å². The fourth-order valence-electron chi connectivity index (χ4n) is 2.18. The molecule has 1 aromatic heterocycles. The van der Waals surface area contributed by atoms with Crippen LogP contribution in [0.25, 0.3) is 11.4 Å². The summed E-state index contributed by atoms with van der Waals surface area (Å²) in [7, 11) is 1.88. The van der Waals surface area contributed by atoms with Gasteiger partial charge in [-0.05, 0) is 31.3 Å². The van der Waals surface area contributed by atoms with Crippen LogP contribution in [0.15, 0.2) is 28.8 Å². The van der Waals surface area contributed by atoms with Gasteiger partial charge in [-0.15, -0.1) is 0 Å². The van der Waals surface area contributed by atoms with E-state index in [-0.39, 0.29) is 17.8 Å². The molecular weight excluding hydrogens is 249 g/mol. The van der Waals surface area contributed by atoms with E-state index in [2.05, 4.69) is 15.5 Å². The molecule has 5 nitrogen and oxygen atoms in total. The van der Waals surface area contributed by atoms with Crippen LogP contribution >= 0.6 is 0 Å². The summed E-state index contributed by atoms with van der Waals surface area (Å²) in [6.07, 6.45) is 0. The van der Waals surface area contributed by atoms with Crippen LogP contribution in [0.1, 0.15) is 11.8 Å². The van der Waals surface area contributed by atoms with Gasteiger partial charge in [0.15, 0.2) is 0 Å². The van der Waals surface area contributed by atoms with Gasteiger partial charge >= 0.3 is 0 Å². The van der Waals surface area contributed by atoms with Gasteiger partial charge in [0, 0.05) is 11.6 Å². The second-order valence-corrected chi connectivity index (χ2v) is 4.50. The molecule has 0 aliphatic carbocycles. The maximum atomic E-state index is 12.9. The predicted octanol–water partition coefficient (Wildman–Crippen LogP) is 1.58. The first-order chi connectivity index (χ1) is 9.28. The number of nitrogens with zero attached hydrogens (tertiary/aromatic N) is 2. The van der Waals surface area contributed by atoms with Gasteiger partial charge in [0.25, 0.3) is 0 Å². The predicted molar refractivity (Wildman–Crippen MR) is 66.1 cm³/mol. The third kappa shape index (κ3) is 2.36. The fourth-order valence-corrected chi connectivity index (χ4v) is 2.18. The molecule has 0 bridgehead atoms. The molecule has 2 unspecified atom stereocenters. The number of halogens is 1. The summed E-state index contributed by atoms with van der Waals surface area (Å²) >= 11 is 0. The number of hydrogen-bond acceptors (Lipinski definition) is 5. The maximum absolute atomic E-state index is 12.9. The number of ether oxygens (including phenoxy) is 1. The van der Waals surface area contributed by atoms with E-state index in [4.69, 9.17) is 9.26 Å². The topological polar surface area (TPSA) is 60.2 Å². The lowest BCUT2D eigenvalue weighted by Gasteiger charge is -2.11. The third-order valence-electron chi connectivity index (χ3n) is 3.31. The number of rotatable bonds is 3. The normalized spacial score (nSPS) is 22.8. The van der Waals surface area contributed by atoms with Crippen molar-refractivity contribution in [1.82, 2.24) is 15.5 Å². The summed E-state index contributed by atoms with van der Waals surface area (Å²) < 4.78 is 23.6. The first kappa shape index (κ1) is 12.3. The molecule has 19 heavy (non-hydrogen) atoms. The highest BCUT2D eigenvalue weighted by atomic mass is 19.1. The van der Waals surface area contributed by atoms with Crippen molar-refractivity contribution in [1.29, 1.82) is 0 Å². The minimum Gasteiger partial charge on any atom is -0.379 e. The van der Waals surface area contributed by atoms with Gasteiger partial charge in [0.2, 0.25) is 11.7 Å². The largest absolute Gasteiger partial charge is 0.379 e. The van der Waals surface area contributed by atoms with Crippen LogP contribution in [-0.4, -0.2) is 36.4 Å². The van der Waals surface area contributed by atoms with Crippen molar-refractivity contribution in [3.05, 3.63) is 36.0 Å². The smallest absolute Gasteiger partial charge is 0.234 e. The first-order valence-electron chi connectivity index (χ1n) is 6.12. The summed E-state index contributed by atoms with van der Waals surface area (Å²) in [6, 6.07) is 6.19. The Bertz CT molecular complexity index is 555. The standard InChI is InChI=1S/C13H14FN3O2/c1-15-11-7-18-6-10(11)13-16-12(17-19-13)8-2-4-9(14)5-3-8/h2-5,10-11,15H,6-7H2,1H3. The molecule has 3 rings (SSSR count). The Balaban J connectivity index is 1.85. The Morgan fingerprint density at radius 3 is 2.79 bits per heavy atom. The highest BCUT2D eigenvalue weighted by Crippen LogP contribution is 2.26. The van der Waals surface area contributed by atoms with Crippen molar-refractivity contribution in [2.24, 2.45) is 0 Å². The second-order valence-electron chi connectivity index (χ2n) is 4.50. The van der Waals surface area contributed by atoms with E-state index in [1.807, 2.05) is 7.05 Å². The molecular formula is C13H14FN3O2. The quantitative estimate of drug-likeness (QED) is 0.911. The van der Waals surface area contributed by atoms with E-state index in [0.29, 0.717) is 24.9 Å². The summed E-state index contributed by atoms with van der Waals surface area (Å²) in [6.45, 7) is 1.20. The summed E-state index contributed by atoms with van der Waals surface area (Å²) in [5.74, 6) is 0.798. The van der Waals surface area contributed by atoms with E-state index in [1.165, 1.54) is 12.1 Å². The Morgan fingerprint density at radius 1 is 1.26 bits per heavy atom. The van der Waals surface area contributed by atoms with Crippen LogP contribution in [0.3, 0.4) is 0 Å². The van der Waals surface area contributed by atoms with Crippen LogP contribution < -0.4 is 5.32 Å². The van der Waals surface area contributed by atoms with Gasteiger partial charge in [-0.2, -0.15) is 4.98 Å². The maximum Gasteiger partial charge on any atom is 0.234 e. The molecule has 2 aromatic rings. The van der Waals surface area contributed by atoms with Gasteiger partial charge in [-0.25, -0.2) is 4.39 Å². The first-order valence-corrected chi connectivity index (χ1v) is 6.12. The number of aromatic nitrogens is 2. The molecule has 1 fully saturated rings. The van der Waals surface area contributed by atoms with E-state index >= 15 is 0 Å². The molecule has 0 saturated carbocycles. The average Bonchev–Trinajstić information content (AvgIpc) is 3.07. The molecule has 6 heteroatoms. The molecule has 1 N–H and O–H groups in total. The lowest BCUT2D eigenvalue weighted by Crippen LogP contribution is -2.31. The fraction of sp³-hybridized carbons (Fsp3) is 0.385. The molecule has 0 amide bonds. The number of likely N-dealkylation sites (N-methyl/N-ethyl adjacent to an activating group) is 1. The molecule has 2 heterocycles. The zero-order chi connectivity index (χ0) is 13.2. The van der Waals surface area contributed by atoms with Crippen LogP contribution in [0, 0.1) is 5.82 Å². The monoisotopic (exact) mass is 263 g/mol. The van der Waals surface area contributed by atoms with Gasteiger partial charge in [-0.1, -0.05) is 5.16 Å². The third-order valence-corrected chi connectivity index (χ3v) is 3.31. The Kier molecular flexibility index (Phi) is 3.27. The Morgan fingerprint density at radius 2 is 2.05 bits per heavy atom. The Hall–Kier alpha value is -1.79. The van der Waals surface area contributed by atoms with Crippen molar-refractivity contribution < 1.29 is 13.7 Å². The minimum absolute atomic E-state index is 0.0618. The summed E-state index contributed by atoms with van der Waals surface area (Å²) in [5.41, 5.74) is 0.733. The second kappa shape index (κ2) is 5.07. The van der Waals surface area contributed by atoms with Crippen molar-refractivity contribution >= 4 is 0 Å². The molecule has 0 radical (unpaired) electrons. The van der Waals surface area contributed by atoms with E-state index < -0.39 is 0 Å². The zero-order valence-corrected chi connectivity index (χ0v) is 10.5. The van der Waals surface area contributed by atoms with Gasteiger partial charge < -0.3 is 14.6 Å². The summed E-state index contributed by atoms with van der Waals surface area (Å²) in [5, 5.41) is 7.10. The van der Waals surface area contributed by atoms with Gasteiger partial charge in [0.05, 0.1) is 19.1 Å². The van der Waals surface area contributed by atoms with Crippen LogP contribution in [0.2, 0.25) is 0 Å². The highest BCUT2D eigenvalue weighted by molar-refractivity contribution is 5.53. The highest BCUT2D eigenvalue weighted by Gasteiger charge is 2.33. The van der Waals surface area contributed by atoms with Crippen molar-refractivity contribution in [3.8, 4) is 11.4 Å². The molecule has 100 valence electrons. The van der Waals surface area contributed by atoms with Crippen LogP contribution in [0.5, 0.6) is 0 Å². The lowest BCUT2D eigenvalue weighted by molar-refractivity contribution is 0.185. The number of nitrogens with one attached hydrogen (secondary N) is 1. The van der Waals surface area contributed by atoms with Crippen LogP contribution in [0.4, 0.5) is 4.39 Å². The lowest BCUT2D eigenvalue weighted by atomic mass is 10.0. The van der Waals surface area contributed by atoms with Crippen LogP contribution in [-0.2, 0) is 4.74 Å². The average molecular weight is 263 g/mol. The molecule has 0 spiro atoms. The molecule has 1 aromatic carbocycles. The molecule has 2 atom stereocenters. The van der Waals surface area contributed by atoms with E-state index in [0.717, 1.165) is 5.56 Å². The number of benzene rings is 1. The minimum atomic E-state index is -0.285. The number of hydrogen-bond donors (Lipinski definition) is 1. The van der Waals surface area contributed by atoms with Crippen molar-refractivity contribution in [2.45, 2.75) is 12.0 Å².